The van der Waals surface area contributed by atoms with Gasteiger partial charge in [-0.1, -0.05) is 13.0 Å². The Balaban J connectivity index is 2.33. The van der Waals surface area contributed by atoms with E-state index in [1.165, 1.54) is 4.31 Å². The average Bonchev–Trinajstić information content (AvgIpc) is 3.26. The molecule has 1 aliphatic carbocycles. The molecule has 0 spiro atoms. The van der Waals surface area contributed by atoms with Crippen molar-refractivity contribution in [1.29, 1.82) is 0 Å². The summed E-state index contributed by atoms with van der Waals surface area (Å²) < 4.78 is 27.7. The Morgan fingerprint density at radius 1 is 1.38 bits per heavy atom. The number of sulfonamides is 1. The van der Waals surface area contributed by atoms with E-state index in [-0.39, 0.29) is 6.04 Å². The molecule has 1 aromatic carbocycles. The maximum Gasteiger partial charge on any atom is 0.244 e. The predicted molar refractivity (Wildman–Crippen MR) is 88.8 cm³/mol. The van der Waals surface area contributed by atoms with Crippen LogP contribution in [0.1, 0.15) is 37.3 Å². The highest BCUT2D eigenvalue weighted by atomic mass is 79.9. The summed E-state index contributed by atoms with van der Waals surface area (Å²) in [7, 11) is -1.75. The predicted octanol–water partition coefficient (Wildman–Crippen LogP) is 3.04. The number of aryl methyl sites for hydroxylation is 1. The molecule has 1 saturated carbocycles. The first-order valence-corrected chi connectivity index (χ1v) is 9.59. The van der Waals surface area contributed by atoms with Gasteiger partial charge in [-0.15, -0.1) is 0 Å². The molecule has 0 unspecified atom stereocenters. The molecule has 0 atom stereocenters. The molecular weight excluding hydrogens is 352 g/mol. The molecule has 6 heteroatoms. The van der Waals surface area contributed by atoms with Crippen molar-refractivity contribution >= 4 is 26.0 Å². The summed E-state index contributed by atoms with van der Waals surface area (Å²) in [4.78, 5) is 0.380. The second-order valence-electron chi connectivity index (χ2n) is 5.65. The molecule has 1 aliphatic rings. The van der Waals surface area contributed by atoms with Crippen LogP contribution < -0.4 is 5.32 Å². The fraction of sp³-hybridized carbons (Fsp3) is 0.600. The lowest BCUT2D eigenvalue weighted by molar-refractivity contribution is 0.463. The molecule has 0 amide bonds. The summed E-state index contributed by atoms with van der Waals surface area (Å²) in [6.45, 7) is 5.67. The van der Waals surface area contributed by atoms with Crippen LogP contribution in [0.5, 0.6) is 0 Å². The summed E-state index contributed by atoms with van der Waals surface area (Å²) in [5.41, 5.74) is 1.96. The number of nitrogens with zero attached hydrogens (tertiary/aromatic N) is 1. The van der Waals surface area contributed by atoms with Crippen LogP contribution in [0.4, 0.5) is 0 Å². The largest absolute Gasteiger partial charge is 0.313 e. The van der Waals surface area contributed by atoms with E-state index in [1.807, 2.05) is 13.0 Å². The van der Waals surface area contributed by atoms with Crippen molar-refractivity contribution < 1.29 is 8.42 Å². The number of hydrogen-bond donors (Lipinski definition) is 1. The summed E-state index contributed by atoms with van der Waals surface area (Å²) in [5, 5.41) is 3.32. The Bertz CT molecular complexity index is 612. The van der Waals surface area contributed by atoms with E-state index >= 15 is 0 Å². The first kappa shape index (κ1) is 16.9. The second kappa shape index (κ2) is 6.77. The van der Waals surface area contributed by atoms with Crippen LogP contribution in [0.25, 0.3) is 0 Å². The van der Waals surface area contributed by atoms with Crippen LogP contribution in [-0.4, -0.2) is 32.4 Å². The molecule has 4 nitrogen and oxygen atoms in total. The normalized spacial score (nSPS) is 15.7. The van der Waals surface area contributed by atoms with Crippen molar-refractivity contribution in [3.05, 3.63) is 27.7 Å². The molecule has 0 bridgehead atoms. The van der Waals surface area contributed by atoms with Crippen molar-refractivity contribution in [1.82, 2.24) is 9.62 Å². The lowest BCUT2D eigenvalue weighted by atomic mass is 10.1. The van der Waals surface area contributed by atoms with Gasteiger partial charge in [0.15, 0.2) is 0 Å². The molecule has 1 fully saturated rings. The molecule has 0 saturated heterocycles. The van der Waals surface area contributed by atoms with Crippen LogP contribution >= 0.6 is 15.9 Å². The van der Waals surface area contributed by atoms with Crippen LogP contribution in [0, 0.1) is 6.92 Å². The van der Waals surface area contributed by atoms with E-state index in [0.717, 1.165) is 36.9 Å². The quantitative estimate of drug-likeness (QED) is 0.746. The van der Waals surface area contributed by atoms with Gasteiger partial charge in [-0.05, 0) is 65.9 Å². The highest BCUT2D eigenvalue weighted by Gasteiger charge is 2.36. The van der Waals surface area contributed by atoms with Crippen molar-refractivity contribution in [3.63, 3.8) is 0 Å². The van der Waals surface area contributed by atoms with Gasteiger partial charge in [-0.25, -0.2) is 8.42 Å². The SMILES string of the molecule is CCCNCc1cc(C)c(Br)c(S(=O)(=O)N(C)C2CC2)c1. The zero-order chi connectivity index (χ0) is 15.6. The maximum absolute atomic E-state index is 12.7. The number of nitrogens with one attached hydrogen (secondary N) is 1. The first-order valence-electron chi connectivity index (χ1n) is 7.35. The molecule has 0 aromatic heterocycles. The minimum absolute atomic E-state index is 0.170. The van der Waals surface area contributed by atoms with Gasteiger partial charge in [0, 0.05) is 24.1 Å². The van der Waals surface area contributed by atoms with Crippen molar-refractivity contribution in [3.8, 4) is 0 Å². The van der Waals surface area contributed by atoms with E-state index in [2.05, 4.69) is 28.2 Å². The number of halogens is 1. The van der Waals surface area contributed by atoms with Crippen LogP contribution in [0.3, 0.4) is 0 Å². The van der Waals surface area contributed by atoms with Gasteiger partial charge in [-0.2, -0.15) is 4.31 Å². The monoisotopic (exact) mass is 374 g/mol. The third kappa shape index (κ3) is 3.86. The Kier molecular flexibility index (Phi) is 5.46. The van der Waals surface area contributed by atoms with Gasteiger partial charge in [-0.3, -0.25) is 0 Å². The zero-order valence-electron chi connectivity index (χ0n) is 12.8. The topological polar surface area (TPSA) is 49.4 Å². The Morgan fingerprint density at radius 2 is 2.05 bits per heavy atom. The number of hydrogen-bond acceptors (Lipinski definition) is 3. The summed E-state index contributed by atoms with van der Waals surface area (Å²) in [5.74, 6) is 0. The molecule has 118 valence electrons. The fourth-order valence-corrected chi connectivity index (χ4v) is 4.74. The highest BCUT2D eigenvalue weighted by molar-refractivity contribution is 9.10. The van der Waals surface area contributed by atoms with Gasteiger partial charge in [0.25, 0.3) is 0 Å². The average molecular weight is 375 g/mol. The number of benzene rings is 1. The molecule has 21 heavy (non-hydrogen) atoms. The lowest BCUT2D eigenvalue weighted by Crippen LogP contribution is -2.29. The Morgan fingerprint density at radius 3 is 2.62 bits per heavy atom. The summed E-state index contributed by atoms with van der Waals surface area (Å²) in [6.07, 6.45) is 2.99. The molecule has 1 N–H and O–H groups in total. The minimum Gasteiger partial charge on any atom is -0.313 e. The smallest absolute Gasteiger partial charge is 0.244 e. The van der Waals surface area contributed by atoms with Crippen LogP contribution in [-0.2, 0) is 16.6 Å². The maximum atomic E-state index is 12.7. The van der Waals surface area contributed by atoms with Crippen molar-refractivity contribution in [2.75, 3.05) is 13.6 Å². The molecular formula is C15H23BrN2O2S. The van der Waals surface area contributed by atoms with E-state index < -0.39 is 10.0 Å². The third-order valence-electron chi connectivity index (χ3n) is 3.75. The van der Waals surface area contributed by atoms with Gasteiger partial charge in [0.2, 0.25) is 10.0 Å². The van der Waals surface area contributed by atoms with E-state index in [0.29, 0.717) is 15.9 Å². The second-order valence-corrected chi connectivity index (χ2v) is 8.41. The molecule has 1 aromatic rings. The van der Waals surface area contributed by atoms with Crippen molar-refractivity contribution in [2.24, 2.45) is 0 Å². The van der Waals surface area contributed by atoms with E-state index in [4.69, 9.17) is 0 Å². The highest BCUT2D eigenvalue weighted by Crippen LogP contribution is 2.34. The third-order valence-corrected chi connectivity index (χ3v) is 7.00. The van der Waals surface area contributed by atoms with Gasteiger partial charge >= 0.3 is 0 Å². The van der Waals surface area contributed by atoms with Gasteiger partial charge in [0.1, 0.15) is 0 Å². The summed E-state index contributed by atoms with van der Waals surface area (Å²) in [6, 6.07) is 3.99. The number of rotatable bonds is 7. The molecule has 2 rings (SSSR count). The Hall–Kier alpha value is -0.430. The van der Waals surface area contributed by atoms with Gasteiger partial charge in [0.05, 0.1) is 4.90 Å². The first-order chi connectivity index (χ1) is 9.87. The van der Waals surface area contributed by atoms with Crippen LogP contribution in [0.15, 0.2) is 21.5 Å². The van der Waals surface area contributed by atoms with Crippen LogP contribution in [0.2, 0.25) is 0 Å². The van der Waals surface area contributed by atoms with Gasteiger partial charge < -0.3 is 5.32 Å². The summed E-state index contributed by atoms with van der Waals surface area (Å²) >= 11 is 3.44. The Labute approximate surface area is 136 Å². The standard InChI is InChI=1S/C15H23BrN2O2S/c1-4-7-17-10-12-8-11(2)15(16)14(9-12)21(19,20)18(3)13-5-6-13/h8-9,13,17H,4-7,10H2,1-3H3. The molecule has 0 heterocycles. The fourth-order valence-electron chi connectivity index (χ4n) is 2.30. The molecule has 0 aliphatic heterocycles. The van der Waals surface area contributed by atoms with E-state index in [1.54, 1.807) is 13.1 Å². The minimum atomic E-state index is -3.42. The van der Waals surface area contributed by atoms with Crippen molar-refractivity contribution in [2.45, 2.75) is 50.6 Å². The molecule has 0 radical (unpaired) electrons. The zero-order valence-corrected chi connectivity index (χ0v) is 15.2. The van der Waals surface area contributed by atoms with E-state index in [9.17, 15) is 8.42 Å². The lowest BCUT2D eigenvalue weighted by Gasteiger charge is -2.19.